The summed E-state index contributed by atoms with van der Waals surface area (Å²) in [5, 5.41) is 1.04. The highest BCUT2D eigenvalue weighted by atomic mass is 35.5. The van der Waals surface area contributed by atoms with Gasteiger partial charge in [-0.25, -0.2) is 18.4 Å². The maximum absolute atomic E-state index is 12.0. The number of ether oxygens (including phenoxy) is 1. The first kappa shape index (κ1) is 22.9. The lowest BCUT2D eigenvalue weighted by molar-refractivity contribution is 0.0996. The molecule has 1 aromatic heterocycles. The van der Waals surface area contributed by atoms with E-state index < -0.39 is 9.84 Å². The maximum Gasteiger partial charge on any atom is 0.225 e. The van der Waals surface area contributed by atoms with E-state index in [4.69, 9.17) is 27.9 Å². The zero-order chi connectivity index (χ0) is 22.7. The fraction of sp³-hybridized carbons (Fsp3) is 0.364. The number of sulfone groups is 1. The Morgan fingerprint density at radius 1 is 1.09 bits per heavy atom. The van der Waals surface area contributed by atoms with Gasteiger partial charge in [0.25, 0.3) is 0 Å². The fourth-order valence-corrected chi connectivity index (χ4v) is 4.87. The molecule has 0 N–H and O–H groups in total. The average Bonchev–Trinajstić information content (AvgIpc) is 2.81. The Kier molecular flexibility index (Phi) is 6.93. The summed E-state index contributed by atoms with van der Waals surface area (Å²) in [5.74, 6) is 1.43. The Bertz CT molecular complexity index is 1110. The van der Waals surface area contributed by atoms with Gasteiger partial charge in [0.2, 0.25) is 5.95 Å². The van der Waals surface area contributed by atoms with Gasteiger partial charge >= 0.3 is 0 Å². The molecule has 1 aromatic carbocycles. The molecule has 3 heterocycles. The first-order valence-corrected chi connectivity index (χ1v) is 12.8. The molecular weight excluding hydrogens is 471 g/mol. The van der Waals surface area contributed by atoms with Crippen LogP contribution in [0.3, 0.4) is 0 Å². The second-order valence-electron chi connectivity index (χ2n) is 7.60. The quantitative estimate of drug-likeness (QED) is 0.588. The number of rotatable bonds is 6. The van der Waals surface area contributed by atoms with Crippen LogP contribution in [0, 0.1) is 0 Å². The number of piperidine rings is 1. The van der Waals surface area contributed by atoms with E-state index in [0.29, 0.717) is 33.2 Å². The molecule has 170 valence electrons. The van der Waals surface area contributed by atoms with Gasteiger partial charge in [0.05, 0.1) is 33.1 Å². The molecule has 0 aliphatic carbocycles. The molecule has 0 saturated carbocycles. The van der Waals surface area contributed by atoms with Crippen molar-refractivity contribution in [1.29, 1.82) is 0 Å². The summed E-state index contributed by atoms with van der Waals surface area (Å²) >= 11 is 12.4. The smallest absolute Gasteiger partial charge is 0.225 e. The van der Waals surface area contributed by atoms with Crippen molar-refractivity contribution in [1.82, 2.24) is 9.97 Å². The van der Waals surface area contributed by atoms with Crippen LogP contribution in [0.15, 0.2) is 64.6 Å². The number of benzene rings is 1. The minimum atomic E-state index is -3.21. The van der Waals surface area contributed by atoms with Crippen LogP contribution in [-0.4, -0.2) is 49.9 Å². The predicted molar refractivity (Wildman–Crippen MR) is 127 cm³/mol. The number of nitrogens with zero attached hydrogens (tertiary/aromatic N) is 4. The van der Waals surface area contributed by atoms with Gasteiger partial charge in [-0.15, -0.1) is 0 Å². The van der Waals surface area contributed by atoms with Gasteiger partial charge in [-0.05, 0) is 30.3 Å². The average molecular weight is 495 g/mol. The third-order valence-electron chi connectivity index (χ3n) is 5.51. The van der Waals surface area contributed by atoms with Crippen LogP contribution >= 0.6 is 23.2 Å². The van der Waals surface area contributed by atoms with E-state index in [1.165, 1.54) is 0 Å². The largest absolute Gasteiger partial charge is 0.489 e. The molecule has 0 bridgehead atoms. The zero-order valence-electron chi connectivity index (χ0n) is 17.6. The highest BCUT2D eigenvalue weighted by molar-refractivity contribution is 7.91. The number of anilines is 2. The van der Waals surface area contributed by atoms with Crippen LogP contribution in [0.5, 0.6) is 0 Å². The molecule has 0 unspecified atom stereocenters. The van der Waals surface area contributed by atoms with Crippen molar-refractivity contribution in [3.05, 3.63) is 64.7 Å². The number of hydrogen-bond donors (Lipinski definition) is 0. The first-order valence-electron chi connectivity index (χ1n) is 10.4. The Morgan fingerprint density at radius 3 is 2.34 bits per heavy atom. The van der Waals surface area contributed by atoms with Gasteiger partial charge in [-0.2, -0.15) is 0 Å². The summed E-state index contributed by atoms with van der Waals surface area (Å²) in [6.07, 6.45) is 8.72. The summed E-state index contributed by atoms with van der Waals surface area (Å²) in [4.78, 5) is 13.0. The number of hydrogen-bond acceptors (Lipinski definition) is 7. The molecule has 1 saturated heterocycles. The van der Waals surface area contributed by atoms with Crippen molar-refractivity contribution in [2.24, 2.45) is 0 Å². The van der Waals surface area contributed by atoms with E-state index in [1.54, 1.807) is 43.6 Å². The maximum atomic E-state index is 12.0. The van der Waals surface area contributed by atoms with Gasteiger partial charge in [0.1, 0.15) is 11.9 Å². The molecule has 0 radical (unpaired) electrons. The Hall–Kier alpha value is -2.29. The lowest BCUT2D eigenvalue weighted by atomic mass is 10.1. The summed E-state index contributed by atoms with van der Waals surface area (Å²) in [7, 11) is -3.21. The molecule has 0 amide bonds. The highest BCUT2D eigenvalue weighted by Crippen LogP contribution is 2.29. The molecule has 32 heavy (non-hydrogen) atoms. The molecule has 2 aliphatic heterocycles. The molecule has 2 aromatic rings. The van der Waals surface area contributed by atoms with Gasteiger partial charge in [-0.3, -0.25) is 0 Å². The van der Waals surface area contributed by atoms with Crippen molar-refractivity contribution >= 4 is 44.7 Å². The number of aromatic nitrogens is 2. The summed E-state index contributed by atoms with van der Waals surface area (Å²) in [6, 6.07) is 6.84. The topological polar surface area (TPSA) is 75.6 Å². The Morgan fingerprint density at radius 2 is 1.75 bits per heavy atom. The molecule has 7 nitrogen and oxygen atoms in total. The van der Waals surface area contributed by atoms with Crippen molar-refractivity contribution in [3.63, 3.8) is 0 Å². The minimum absolute atomic E-state index is 0.0667. The van der Waals surface area contributed by atoms with Gasteiger partial charge < -0.3 is 14.5 Å². The van der Waals surface area contributed by atoms with Crippen molar-refractivity contribution in [2.75, 3.05) is 35.2 Å². The van der Waals surface area contributed by atoms with Gasteiger partial charge in [0, 0.05) is 44.4 Å². The van der Waals surface area contributed by atoms with Crippen molar-refractivity contribution in [2.45, 2.75) is 30.8 Å². The minimum Gasteiger partial charge on any atom is -0.489 e. The van der Waals surface area contributed by atoms with E-state index in [2.05, 4.69) is 14.9 Å². The van der Waals surface area contributed by atoms with E-state index in [0.717, 1.165) is 31.6 Å². The molecule has 0 atom stereocenters. The Balaban J connectivity index is 1.33. The van der Waals surface area contributed by atoms with Gasteiger partial charge in [0.15, 0.2) is 9.84 Å². The van der Waals surface area contributed by atoms with E-state index in [1.807, 2.05) is 17.2 Å². The predicted octanol–water partition coefficient (Wildman–Crippen LogP) is 4.39. The van der Waals surface area contributed by atoms with Gasteiger partial charge in [-0.1, -0.05) is 30.1 Å². The third-order valence-corrected chi connectivity index (χ3v) is 7.74. The second kappa shape index (κ2) is 9.68. The first-order chi connectivity index (χ1) is 15.4. The van der Waals surface area contributed by atoms with Crippen LogP contribution < -0.4 is 9.80 Å². The lowest BCUT2D eigenvalue weighted by Crippen LogP contribution is -2.38. The van der Waals surface area contributed by atoms with Crippen LogP contribution in [0.4, 0.5) is 11.6 Å². The molecule has 2 aliphatic rings. The van der Waals surface area contributed by atoms with Crippen LogP contribution in [0.2, 0.25) is 5.02 Å². The van der Waals surface area contributed by atoms with E-state index in [-0.39, 0.29) is 11.9 Å². The summed E-state index contributed by atoms with van der Waals surface area (Å²) in [5.41, 5.74) is 0.866. The number of halogens is 2. The fourth-order valence-electron chi connectivity index (χ4n) is 3.65. The van der Waals surface area contributed by atoms with Crippen molar-refractivity contribution < 1.29 is 13.2 Å². The lowest BCUT2D eigenvalue weighted by Gasteiger charge is -2.33. The van der Waals surface area contributed by atoms with Crippen LogP contribution in [0.1, 0.15) is 19.8 Å². The monoisotopic (exact) mass is 494 g/mol. The SMILES string of the molecule is CCS(=O)(=O)c1ccc(N2C=C(Cl)C(OC3CCN(c4ncc(Cl)cn4)CC3)=CC2)cc1. The zero-order valence-corrected chi connectivity index (χ0v) is 19.9. The third kappa shape index (κ3) is 5.19. The molecule has 4 rings (SSSR count). The molecule has 0 spiro atoms. The molecular formula is C22H24Cl2N4O3S. The molecule has 10 heteroatoms. The molecule has 1 fully saturated rings. The highest BCUT2D eigenvalue weighted by Gasteiger charge is 2.25. The summed E-state index contributed by atoms with van der Waals surface area (Å²) < 4.78 is 30.2. The summed E-state index contributed by atoms with van der Waals surface area (Å²) in [6.45, 7) is 3.81. The second-order valence-corrected chi connectivity index (χ2v) is 10.7. The van der Waals surface area contributed by atoms with Crippen molar-refractivity contribution in [3.8, 4) is 0 Å². The van der Waals surface area contributed by atoms with Crippen LogP contribution in [-0.2, 0) is 14.6 Å². The normalized spacial score (nSPS) is 17.7. The van der Waals surface area contributed by atoms with E-state index >= 15 is 0 Å². The Labute approximate surface area is 198 Å². The standard InChI is InChI=1S/C22H24Cl2N4O3S/c1-2-32(29,30)19-5-3-17(4-6-19)28-12-9-21(20(24)15-28)31-18-7-10-27(11-8-18)22-25-13-16(23)14-26-22/h3-6,9,13-15,18H,2,7-8,10-12H2,1H3. The van der Waals surface area contributed by atoms with Crippen LogP contribution in [0.25, 0.3) is 0 Å². The van der Waals surface area contributed by atoms with E-state index in [9.17, 15) is 8.42 Å². The number of allylic oxidation sites excluding steroid dienone is 1.